The van der Waals surface area contributed by atoms with E-state index in [1.807, 2.05) is 12.2 Å². The van der Waals surface area contributed by atoms with Crippen LogP contribution in [0.25, 0.3) is 6.08 Å². The van der Waals surface area contributed by atoms with Crippen LogP contribution < -0.4 is 0 Å². The number of allylic oxidation sites excluding steroid dienone is 1. The fourth-order valence-electron chi connectivity index (χ4n) is 0.795. The van der Waals surface area contributed by atoms with Crippen LogP contribution >= 0.6 is 15.9 Å². The molecule has 0 aromatic carbocycles. The third kappa shape index (κ3) is 2.58. The predicted octanol–water partition coefficient (Wildman–Crippen LogP) is 2.30. The molecule has 2 nitrogen and oxygen atoms in total. The van der Waals surface area contributed by atoms with Gasteiger partial charge in [0.2, 0.25) is 0 Å². The minimum Gasteiger partial charge on any atom is -0.298 e. The van der Waals surface area contributed by atoms with Gasteiger partial charge in [0.05, 0.1) is 5.69 Å². The molecule has 0 bridgehead atoms. The molecule has 1 heterocycles. The molecule has 3 heteroatoms. The van der Waals surface area contributed by atoms with Crippen LogP contribution in [0, 0.1) is 0 Å². The van der Waals surface area contributed by atoms with Crippen LogP contribution in [-0.2, 0) is 0 Å². The highest BCUT2D eigenvalue weighted by Crippen LogP contribution is 2.01. The van der Waals surface area contributed by atoms with E-state index >= 15 is 0 Å². The number of halogens is 1. The summed E-state index contributed by atoms with van der Waals surface area (Å²) in [7, 11) is 0. The van der Waals surface area contributed by atoms with E-state index in [1.54, 1.807) is 18.3 Å². The minimum atomic E-state index is 0.652. The smallest absolute Gasteiger partial charge is 0.150 e. The number of hydrogen-bond acceptors (Lipinski definition) is 2. The van der Waals surface area contributed by atoms with E-state index in [0.717, 1.165) is 17.3 Å². The zero-order valence-electron chi connectivity index (χ0n) is 6.40. The van der Waals surface area contributed by atoms with Gasteiger partial charge >= 0.3 is 0 Å². The van der Waals surface area contributed by atoms with Gasteiger partial charge < -0.3 is 0 Å². The lowest BCUT2D eigenvalue weighted by atomic mass is 10.2. The Morgan fingerprint density at radius 3 is 3.08 bits per heavy atom. The van der Waals surface area contributed by atoms with Crippen LogP contribution in [-0.4, -0.2) is 16.6 Å². The molecule has 0 aliphatic rings. The average molecular weight is 226 g/mol. The number of rotatable bonds is 3. The maximum atomic E-state index is 10.4. The topological polar surface area (TPSA) is 30.0 Å². The molecular formula is C9H8BrNO. The maximum absolute atomic E-state index is 10.4. The molecule has 0 N–H and O–H groups in total. The van der Waals surface area contributed by atoms with Gasteiger partial charge in [0.25, 0.3) is 0 Å². The highest BCUT2D eigenvalue weighted by Gasteiger charge is 1.90. The molecule has 0 spiro atoms. The molecule has 0 atom stereocenters. The Morgan fingerprint density at radius 1 is 1.58 bits per heavy atom. The highest BCUT2D eigenvalue weighted by molar-refractivity contribution is 9.09. The van der Waals surface area contributed by atoms with Crippen molar-refractivity contribution < 1.29 is 4.79 Å². The van der Waals surface area contributed by atoms with Crippen molar-refractivity contribution in [2.24, 2.45) is 0 Å². The second-order valence-electron chi connectivity index (χ2n) is 2.19. The van der Waals surface area contributed by atoms with Gasteiger partial charge in [-0.1, -0.05) is 22.0 Å². The molecule has 0 saturated carbocycles. The van der Waals surface area contributed by atoms with E-state index < -0.39 is 0 Å². The quantitative estimate of drug-likeness (QED) is 0.584. The number of nitrogens with zero attached hydrogens (tertiary/aromatic N) is 1. The number of hydrogen-bond donors (Lipinski definition) is 0. The van der Waals surface area contributed by atoms with Crippen LogP contribution in [0.2, 0.25) is 0 Å². The van der Waals surface area contributed by atoms with E-state index in [1.165, 1.54) is 0 Å². The minimum absolute atomic E-state index is 0.652. The van der Waals surface area contributed by atoms with Gasteiger partial charge in [-0.2, -0.15) is 0 Å². The third-order valence-electron chi connectivity index (χ3n) is 1.32. The average Bonchev–Trinajstić information content (AvgIpc) is 2.15. The Bertz CT molecular complexity index is 296. The van der Waals surface area contributed by atoms with E-state index in [2.05, 4.69) is 20.9 Å². The number of carbonyl (C=O) groups is 1. The molecule has 0 aliphatic carbocycles. The lowest BCUT2D eigenvalue weighted by Gasteiger charge is -1.92. The van der Waals surface area contributed by atoms with Crippen molar-refractivity contribution in [1.82, 2.24) is 4.98 Å². The highest BCUT2D eigenvalue weighted by atomic mass is 79.9. The number of aromatic nitrogens is 1. The first-order chi connectivity index (χ1) is 5.86. The van der Waals surface area contributed by atoms with Crippen molar-refractivity contribution in [3.05, 3.63) is 35.7 Å². The summed E-state index contributed by atoms with van der Waals surface area (Å²) in [5.74, 6) is 0. The standard InChI is InChI=1S/C9H8BrNO/c10-4-1-2-9-6-8(7-12)3-5-11-9/h1-3,5-7H,4H2. The summed E-state index contributed by atoms with van der Waals surface area (Å²) in [6.45, 7) is 0. The largest absolute Gasteiger partial charge is 0.298 e. The van der Waals surface area contributed by atoms with E-state index in [4.69, 9.17) is 0 Å². The molecule has 0 radical (unpaired) electrons. The Kier molecular flexibility index (Phi) is 3.67. The van der Waals surface area contributed by atoms with Crippen LogP contribution in [0.15, 0.2) is 24.4 Å². The molecule has 0 fully saturated rings. The molecule has 1 aromatic rings. The summed E-state index contributed by atoms with van der Waals surface area (Å²) in [6, 6.07) is 3.42. The summed E-state index contributed by atoms with van der Waals surface area (Å²) in [5.41, 5.74) is 1.46. The van der Waals surface area contributed by atoms with Crippen molar-refractivity contribution in [2.75, 3.05) is 5.33 Å². The molecule has 0 aliphatic heterocycles. The van der Waals surface area contributed by atoms with E-state index in [-0.39, 0.29) is 0 Å². The second kappa shape index (κ2) is 4.83. The van der Waals surface area contributed by atoms with Crippen LogP contribution in [0.1, 0.15) is 16.1 Å². The van der Waals surface area contributed by atoms with Gasteiger partial charge in [0.15, 0.2) is 0 Å². The van der Waals surface area contributed by atoms with Crippen molar-refractivity contribution in [1.29, 1.82) is 0 Å². The van der Waals surface area contributed by atoms with Crippen molar-refractivity contribution in [2.45, 2.75) is 0 Å². The number of alkyl halides is 1. The molecule has 1 aromatic heterocycles. The first kappa shape index (κ1) is 9.13. The van der Waals surface area contributed by atoms with Gasteiger partial charge in [-0.05, 0) is 18.2 Å². The SMILES string of the molecule is O=Cc1ccnc(C=CCBr)c1. The van der Waals surface area contributed by atoms with Crippen LogP contribution in [0.5, 0.6) is 0 Å². The molecule has 0 amide bonds. The predicted molar refractivity (Wildman–Crippen MR) is 52.5 cm³/mol. The zero-order valence-corrected chi connectivity index (χ0v) is 7.99. The summed E-state index contributed by atoms with van der Waals surface area (Å²) in [5, 5.41) is 0.792. The van der Waals surface area contributed by atoms with Gasteiger partial charge in [0.1, 0.15) is 6.29 Å². The monoisotopic (exact) mass is 225 g/mol. The van der Waals surface area contributed by atoms with Gasteiger partial charge in [0, 0.05) is 17.1 Å². The molecule has 1 rings (SSSR count). The Morgan fingerprint density at radius 2 is 2.42 bits per heavy atom. The fourth-order valence-corrected chi connectivity index (χ4v) is 0.982. The van der Waals surface area contributed by atoms with Gasteiger partial charge in [-0.15, -0.1) is 0 Å². The lowest BCUT2D eigenvalue weighted by Crippen LogP contribution is -1.84. The van der Waals surface area contributed by atoms with Gasteiger partial charge in [-0.25, -0.2) is 0 Å². The normalized spacial score (nSPS) is 10.4. The Labute approximate surface area is 79.5 Å². The molecule has 0 unspecified atom stereocenters. The van der Waals surface area contributed by atoms with Crippen LogP contribution in [0.4, 0.5) is 0 Å². The summed E-state index contributed by atoms with van der Waals surface area (Å²) in [6.07, 6.45) is 6.23. The first-order valence-electron chi connectivity index (χ1n) is 3.50. The van der Waals surface area contributed by atoms with Crippen molar-refractivity contribution in [3.63, 3.8) is 0 Å². The number of aldehydes is 1. The third-order valence-corrected chi connectivity index (χ3v) is 1.69. The molecular weight excluding hydrogens is 218 g/mol. The summed E-state index contributed by atoms with van der Waals surface area (Å²) < 4.78 is 0. The van der Waals surface area contributed by atoms with Crippen LogP contribution in [0.3, 0.4) is 0 Å². The maximum Gasteiger partial charge on any atom is 0.150 e. The van der Waals surface area contributed by atoms with E-state index in [0.29, 0.717) is 5.56 Å². The molecule has 62 valence electrons. The fraction of sp³-hybridized carbons (Fsp3) is 0.111. The Balaban J connectivity index is 2.86. The van der Waals surface area contributed by atoms with Crippen molar-refractivity contribution >= 4 is 28.3 Å². The zero-order chi connectivity index (χ0) is 8.81. The molecule has 12 heavy (non-hydrogen) atoms. The molecule has 0 saturated heterocycles. The summed E-state index contributed by atoms with van der Waals surface area (Å²) in [4.78, 5) is 14.4. The number of pyridine rings is 1. The van der Waals surface area contributed by atoms with E-state index in [9.17, 15) is 4.79 Å². The second-order valence-corrected chi connectivity index (χ2v) is 2.84. The van der Waals surface area contributed by atoms with Gasteiger partial charge in [-0.3, -0.25) is 9.78 Å². The van der Waals surface area contributed by atoms with Crippen molar-refractivity contribution in [3.8, 4) is 0 Å². The lowest BCUT2D eigenvalue weighted by molar-refractivity contribution is 0.112. The summed E-state index contributed by atoms with van der Waals surface area (Å²) >= 11 is 3.26. The first-order valence-corrected chi connectivity index (χ1v) is 4.62. The number of carbonyl (C=O) groups excluding carboxylic acids is 1. The Hall–Kier alpha value is -0.960.